The van der Waals surface area contributed by atoms with Gasteiger partial charge in [-0.2, -0.15) is 0 Å². The molecule has 1 unspecified atom stereocenters. The van der Waals surface area contributed by atoms with Crippen molar-refractivity contribution < 1.29 is 0 Å². The fourth-order valence-corrected chi connectivity index (χ4v) is 1.93. The molecular formula is C12H18ClN. The third-order valence-corrected chi connectivity index (χ3v) is 2.68. The zero-order valence-corrected chi connectivity index (χ0v) is 9.86. The Balaban J connectivity index is 2.67. The van der Waals surface area contributed by atoms with Gasteiger partial charge in [-0.25, -0.2) is 0 Å². The summed E-state index contributed by atoms with van der Waals surface area (Å²) in [7, 11) is 1.98. The second kappa shape index (κ2) is 5.38. The van der Waals surface area contributed by atoms with E-state index in [0.29, 0.717) is 5.92 Å². The maximum atomic E-state index is 6.15. The number of aryl methyl sites for hydroxylation is 1. The van der Waals surface area contributed by atoms with Crippen LogP contribution in [0, 0.1) is 12.8 Å². The molecule has 0 fully saturated rings. The maximum absolute atomic E-state index is 6.15. The van der Waals surface area contributed by atoms with E-state index in [1.807, 2.05) is 13.1 Å². The highest BCUT2D eigenvalue weighted by Gasteiger charge is 2.05. The van der Waals surface area contributed by atoms with Crippen LogP contribution in [-0.2, 0) is 6.42 Å². The third-order valence-electron chi connectivity index (χ3n) is 2.33. The van der Waals surface area contributed by atoms with E-state index in [0.717, 1.165) is 18.0 Å². The zero-order chi connectivity index (χ0) is 10.6. The van der Waals surface area contributed by atoms with Gasteiger partial charge in [0, 0.05) is 5.02 Å². The molecule has 0 saturated carbocycles. The Labute approximate surface area is 91.5 Å². The lowest BCUT2D eigenvalue weighted by molar-refractivity contribution is 0.542. The Hall–Kier alpha value is -0.530. The predicted molar refractivity (Wildman–Crippen MR) is 63.0 cm³/mol. The smallest absolute Gasteiger partial charge is 0.0440 e. The quantitative estimate of drug-likeness (QED) is 0.808. The van der Waals surface area contributed by atoms with Crippen LogP contribution in [0.25, 0.3) is 0 Å². The minimum Gasteiger partial charge on any atom is -0.319 e. The summed E-state index contributed by atoms with van der Waals surface area (Å²) in [6.07, 6.45) is 1.04. The van der Waals surface area contributed by atoms with Crippen molar-refractivity contribution in [3.05, 3.63) is 34.3 Å². The summed E-state index contributed by atoms with van der Waals surface area (Å²) in [6, 6.07) is 6.28. The van der Waals surface area contributed by atoms with Gasteiger partial charge < -0.3 is 5.32 Å². The lowest BCUT2D eigenvalue weighted by atomic mass is 10.0. The van der Waals surface area contributed by atoms with Gasteiger partial charge >= 0.3 is 0 Å². The molecule has 0 aromatic heterocycles. The van der Waals surface area contributed by atoms with Gasteiger partial charge in [-0.15, -0.1) is 0 Å². The van der Waals surface area contributed by atoms with Gasteiger partial charge in [0.1, 0.15) is 0 Å². The highest BCUT2D eigenvalue weighted by molar-refractivity contribution is 6.31. The number of rotatable bonds is 4. The summed E-state index contributed by atoms with van der Waals surface area (Å²) in [5.74, 6) is 0.625. The van der Waals surface area contributed by atoms with Crippen LogP contribution in [0.1, 0.15) is 18.1 Å². The number of nitrogens with one attached hydrogen (secondary N) is 1. The zero-order valence-electron chi connectivity index (χ0n) is 9.10. The molecule has 1 atom stereocenters. The minimum atomic E-state index is 0.625. The maximum Gasteiger partial charge on any atom is 0.0440 e. The van der Waals surface area contributed by atoms with E-state index in [2.05, 4.69) is 31.3 Å². The first kappa shape index (κ1) is 11.5. The van der Waals surface area contributed by atoms with Crippen LogP contribution in [0.3, 0.4) is 0 Å². The van der Waals surface area contributed by atoms with Crippen molar-refractivity contribution in [2.24, 2.45) is 5.92 Å². The van der Waals surface area contributed by atoms with Crippen LogP contribution in [0.15, 0.2) is 18.2 Å². The second-order valence-electron chi connectivity index (χ2n) is 3.96. The molecule has 0 aliphatic carbocycles. The van der Waals surface area contributed by atoms with Gasteiger partial charge in [0.2, 0.25) is 0 Å². The van der Waals surface area contributed by atoms with Crippen molar-refractivity contribution in [1.29, 1.82) is 0 Å². The van der Waals surface area contributed by atoms with Crippen molar-refractivity contribution in [2.75, 3.05) is 13.6 Å². The standard InChI is InChI=1S/C12H18ClN/c1-9-4-5-11(12(13)7-9)6-10(2)8-14-3/h4-5,7,10,14H,6,8H2,1-3H3. The van der Waals surface area contributed by atoms with E-state index in [1.54, 1.807) is 0 Å². The van der Waals surface area contributed by atoms with E-state index in [-0.39, 0.29) is 0 Å². The number of benzene rings is 1. The van der Waals surface area contributed by atoms with Crippen molar-refractivity contribution in [2.45, 2.75) is 20.3 Å². The molecule has 0 bridgehead atoms. The van der Waals surface area contributed by atoms with Crippen LogP contribution < -0.4 is 5.32 Å². The molecule has 14 heavy (non-hydrogen) atoms. The van der Waals surface area contributed by atoms with E-state index in [1.165, 1.54) is 11.1 Å². The molecule has 1 aromatic carbocycles. The largest absolute Gasteiger partial charge is 0.319 e. The number of halogens is 1. The van der Waals surface area contributed by atoms with Gasteiger partial charge in [-0.1, -0.05) is 30.7 Å². The van der Waals surface area contributed by atoms with E-state index < -0.39 is 0 Å². The topological polar surface area (TPSA) is 12.0 Å². The Morgan fingerprint density at radius 3 is 2.71 bits per heavy atom. The fraction of sp³-hybridized carbons (Fsp3) is 0.500. The average Bonchev–Trinajstić information content (AvgIpc) is 2.10. The number of hydrogen-bond donors (Lipinski definition) is 1. The van der Waals surface area contributed by atoms with Crippen LogP contribution >= 0.6 is 11.6 Å². The molecule has 1 rings (SSSR count). The van der Waals surface area contributed by atoms with Crippen molar-refractivity contribution >= 4 is 11.6 Å². The Kier molecular flexibility index (Phi) is 4.43. The summed E-state index contributed by atoms with van der Waals surface area (Å²) in [5.41, 5.74) is 2.47. The van der Waals surface area contributed by atoms with Crippen molar-refractivity contribution in [3.8, 4) is 0 Å². The summed E-state index contributed by atoms with van der Waals surface area (Å²) in [4.78, 5) is 0. The monoisotopic (exact) mass is 211 g/mol. The molecule has 1 N–H and O–H groups in total. The van der Waals surface area contributed by atoms with Gasteiger partial charge in [0.15, 0.2) is 0 Å². The lowest BCUT2D eigenvalue weighted by Crippen LogP contribution is -2.18. The Morgan fingerprint density at radius 1 is 1.43 bits per heavy atom. The highest BCUT2D eigenvalue weighted by atomic mass is 35.5. The lowest BCUT2D eigenvalue weighted by Gasteiger charge is -2.12. The van der Waals surface area contributed by atoms with Crippen LogP contribution in [0.2, 0.25) is 5.02 Å². The van der Waals surface area contributed by atoms with E-state index >= 15 is 0 Å². The molecule has 1 aromatic rings. The van der Waals surface area contributed by atoms with E-state index in [4.69, 9.17) is 11.6 Å². The summed E-state index contributed by atoms with van der Waals surface area (Å²) in [5, 5.41) is 4.07. The highest BCUT2D eigenvalue weighted by Crippen LogP contribution is 2.20. The molecule has 0 heterocycles. The normalized spacial score (nSPS) is 12.9. The molecule has 1 nitrogen and oxygen atoms in total. The first-order valence-corrected chi connectivity index (χ1v) is 5.41. The molecule has 0 saturated heterocycles. The Bertz CT molecular complexity index is 296. The van der Waals surface area contributed by atoms with Crippen LogP contribution in [0.4, 0.5) is 0 Å². The van der Waals surface area contributed by atoms with Crippen LogP contribution in [-0.4, -0.2) is 13.6 Å². The van der Waals surface area contributed by atoms with Crippen LogP contribution in [0.5, 0.6) is 0 Å². The van der Waals surface area contributed by atoms with Gasteiger partial charge in [-0.05, 0) is 50.0 Å². The molecule has 0 amide bonds. The van der Waals surface area contributed by atoms with Gasteiger partial charge in [0.05, 0.1) is 0 Å². The Morgan fingerprint density at radius 2 is 2.14 bits per heavy atom. The molecule has 2 heteroatoms. The van der Waals surface area contributed by atoms with E-state index in [9.17, 15) is 0 Å². The van der Waals surface area contributed by atoms with Gasteiger partial charge in [0.25, 0.3) is 0 Å². The molecule has 78 valence electrons. The van der Waals surface area contributed by atoms with Crippen molar-refractivity contribution in [1.82, 2.24) is 5.32 Å². The van der Waals surface area contributed by atoms with Gasteiger partial charge in [-0.3, -0.25) is 0 Å². The SMILES string of the molecule is CNCC(C)Cc1ccc(C)cc1Cl. The molecule has 0 aliphatic heterocycles. The molecule has 0 radical (unpaired) electrons. The first-order chi connectivity index (χ1) is 6.63. The number of hydrogen-bond acceptors (Lipinski definition) is 1. The minimum absolute atomic E-state index is 0.625. The molecule has 0 spiro atoms. The predicted octanol–water partition coefficient (Wildman–Crippen LogP) is 3.05. The third kappa shape index (κ3) is 3.32. The average molecular weight is 212 g/mol. The molecule has 0 aliphatic rings. The first-order valence-electron chi connectivity index (χ1n) is 5.03. The summed E-state index contributed by atoms with van der Waals surface area (Å²) < 4.78 is 0. The van der Waals surface area contributed by atoms with Crippen molar-refractivity contribution in [3.63, 3.8) is 0 Å². The molecular weight excluding hydrogens is 194 g/mol. The fourth-order valence-electron chi connectivity index (χ4n) is 1.61. The second-order valence-corrected chi connectivity index (χ2v) is 4.37. The summed E-state index contributed by atoms with van der Waals surface area (Å²) in [6.45, 7) is 5.32. The summed E-state index contributed by atoms with van der Waals surface area (Å²) >= 11 is 6.15.